The third-order valence-electron chi connectivity index (χ3n) is 2.21. The highest BCUT2D eigenvalue weighted by Gasteiger charge is 2.24. The molecular formula is C7H12ClI. The Labute approximate surface area is 75.5 Å². The molecule has 1 saturated carbocycles. The number of rotatable bonds is 2. The molecule has 2 heteroatoms. The minimum atomic E-state index is 0.837. The van der Waals surface area contributed by atoms with Crippen LogP contribution in [0.3, 0.4) is 0 Å². The zero-order valence-electron chi connectivity index (χ0n) is 5.45. The standard InChI is InChI=1S/C7H12ClI/c8-4-6-2-1-3-7(6)5-9/h6-7H,1-5H2/t6-,7+/m1/s1. The van der Waals surface area contributed by atoms with Crippen LogP contribution in [0.25, 0.3) is 0 Å². The van der Waals surface area contributed by atoms with Gasteiger partial charge in [0, 0.05) is 10.3 Å². The summed E-state index contributed by atoms with van der Waals surface area (Å²) in [4.78, 5) is 0. The van der Waals surface area contributed by atoms with Crippen molar-refractivity contribution in [3.05, 3.63) is 0 Å². The molecule has 0 aromatic rings. The first-order valence-corrected chi connectivity index (χ1v) is 5.56. The van der Waals surface area contributed by atoms with E-state index in [2.05, 4.69) is 22.6 Å². The molecular weight excluding hydrogens is 246 g/mol. The predicted molar refractivity (Wildman–Crippen MR) is 50.4 cm³/mol. The minimum Gasteiger partial charge on any atom is -0.126 e. The third-order valence-corrected chi connectivity index (χ3v) is 3.74. The first kappa shape index (κ1) is 8.12. The highest BCUT2D eigenvalue weighted by molar-refractivity contribution is 14.1. The van der Waals surface area contributed by atoms with E-state index < -0.39 is 0 Å². The Bertz CT molecular complexity index is 75.0. The first-order valence-electron chi connectivity index (χ1n) is 3.50. The van der Waals surface area contributed by atoms with Crippen molar-refractivity contribution < 1.29 is 0 Å². The van der Waals surface area contributed by atoms with Crippen molar-refractivity contribution >= 4 is 34.2 Å². The Hall–Kier alpha value is 1.02. The van der Waals surface area contributed by atoms with E-state index in [1.807, 2.05) is 0 Å². The molecule has 0 unspecified atom stereocenters. The van der Waals surface area contributed by atoms with Crippen molar-refractivity contribution in [1.82, 2.24) is 0 Å². The third kappa shape index (κ3) is 1.97. The number of halogens is 2. The summed E-state index contributed by atoms with van der Waals surface area (Å²) in [5, 5.41) is 0. The summed E-state index contributed by atoms with van der Waals surface area (Å²) in [6, 6.07) is 0. The summed E-state index contributed by atoms with van der Waals surface area (Å²) < 4.78 is 1.30. The van der Waals surface area contributed by atoms with Gasteiger partial charge in [-0.05, 0) is 24.7 Å². The molecule has 9 heavy (non-hydrogen) atoms. The molecule has 0 aliphatic heterocycles. The van der Waals surface area contributed by atoms with Crippen molar-refractivity contribution in [2.75, 3.05) is 10.3 Å². The fraction of sp³-hybridized carbons (Fsp3) is 1.00. The predicted octanol–water partition coefficient (Wildman–Crippen LogP) is 3.08. The summed E-state index contributed by atoms with van der Waals surface area (Å²) in [7, 11) is 0. The Kier molecular flexibility index (Phi) is 3.62. The van der Waals surface area contributed by atoms with Gasteiger partial charge >= 0.3 is 0 Å². The van der Waals surface area contributed by atoms with Crippen LogP contribution in [-0.2, 0) is 0 Å². The molecule has 54 valence electrons. The summed E-state index contributed by atoms with van der Waals surface area (Å²) in [6.07, 6.45) is 4.20. The lowest BCUT2D eigenvalue weighted by atomic mass is 10.0. The molecule has 0 nitrogen and oxygen atoms in total. The van der Waals surface area contributed by atoms with Gasteiger partial charge in [0.2, 0.25) is 0 Å². The molecule has 1 aliphatic carbocycles. The van der Waals surface area contributed by atoms with Crippen LogP contribution in [0.5, 0.6) is 0 Å². The Morgan fingerprint density at radius 1 is 1.33 bits per heavy atom. The first-order chi connectivity index (χ1) is 4.38. The molecule has 0 saturated heterocycles. The van der Waals surface area contributed by atoms with Gasteiger partial charge in [0.15, 0.2) is 0 Å². The fourth-order valence-electron chi connectivity index (χ4n) is 1.52. The number of hydrogen-bond donors (Lipinski definition) is 0. The van der Waals surface area contributed by atoms with E-state index in [-0.39, 0.29) is 0 Å². The van der Waals surface area contributed by atoms with Gasteiger partial charge in [0.25, 0.3) is 0 Å². The molecule has 0 heterocycles. The number of hydrogen-bond acceptors (Lipinski definition) is 0. The largest absolute Gasteiger partial charge is 0.126 e. The van der Waals surface area contributed by atoms with E-state index in [1.54, 1.807) is 0 Å². The van der Waals surface area contributed by atoms with Gasteiger partial charge in [-0.15, -0.1) is 11.6 Å². The van der Waals surface area contributed by atoms with Crippen molar-refractivity contribution in [2.24, 2.45) is 11.8 Å². The highest BCUT2D eigenvalue weighted by Crippen LogP contribution is 2.33. The van der Waals surface area contributed by atoms with E-state index in [0.29, 0.717) is 0 Å². The molecule has 1 rings (SSSR count). The van der Waals surface area contributed by atoms with E-state index in [1.165, 1.54) is 23.7 Å². The lowest BCUT2D eigenvalue weighted by Gasteiger charge is -2.12. The van der Waals surface area contributed by atoms with Crippen molar-refractivity contribution in [3.63, 3.8) is 0 Å². The summed E-state index contributed by atoms with van der Waals surface area (Å²) >= 11 is 8.25. The average Bonchev–Trinajstić information content (AvgIpc) is 2.33. The van der Waals surface area contributed by atoms with Gasteiger partial charge in [-0.25, -0.2) is 0 Å². The van der Waals surface area contributed by atoms with Gasteiger partial charge in [0.05, 0.1) is 0 Å². The van der Waals surface area contributed by atoms with E-state index in [0.717, 1.165) is 17.7 Å². The molecule has 0 aromatic carbocycles. The molecule has 1 aliphatic rings. The molecule has 1 fully saturated rings. The van der Waals surface area contributed by atoms with E-state index >= 15 is 0 Å². The maximum atomic E-state index is 5.78. The summed E-state index contributed by atoms with van der Waals surface area (Å²) in [5.41, 5.74) is 0. The zero-order chi connectivity index (χ0) is 6.69. The average molecular weight is 259 g/mol. The van der Waals surface area contributed by atoms with Crippen molar-refractivity contribution in [1.29, 1.82) is 0 Å². The normalized spacial score (nSPS) is 35.3. The lowest BCUT2D eigenvalue weighted by Crippen LogP contribution is -2.09. The maximum Gasteiger partial charge on any atom is 0.0254 e. The van der Waals surface area contributed by atoms with Crippen molar-refractivity contribution in [2.45, 2.75) is 19.3 Å². The highest BCUT2D eigenvalue weighted by atomic mass is 127. The molecule has 0 spiro atoms. The van der Waals surface area contributed by atoms with Gasteiger partial charge in [-0.3, -0.25) is 0 Å². The summed E-state index contributed by atoms with van der Waals surface area (Å²) in [5.74, 6) is 2.65. The second kappa shape index (κ2) is 4.02. The molecule has 0 aromatic heterocycles. The second-order valence-corrected chi connectivity index (χ2v) is 3.95. The SMILES string of the molecule is ClC[C@H]1CCC[C@H]1CI. The van der Waals surface area contributed by atoms with Gasteiger partial charge in [0.1, 0.15) is 0 Å². The second-order valence-electron chi connectivity index (χ2n) is 2.76. The van der Waals surface area contributed by atoms with Crippen LogP contribution in [-0.4, -0.2) is 10.3 Å². The van der Waals surface area contributed by atoms with E-state index in [4.69, 9.17) is 11.6 Å². The van der Waals surface area contributed by atoms with Crippen molar-refractivity contribution in [3.8, 4) is 0 Å². The maximum absolute atomic E-state index is 5.78. The molecule has 0 N–H and O–H groups in total. The van der Waals surface area contributed by atoms with Crippen LogP contribution in [0.4, 0.5) is 0 Å². The monoisotopic (exact) mass is 258 g/mol. The summed E-state index contributed by atoms with van der Waals surface area (Å²) in [6.45, 7) is 0. The van der Waals surface area contributed by atoms with Crippen LogP contribution < -0.4 is 0 Å². The number of alkyl halides is 2. The zero-order valence-corrected chi connectivity index (χ0v) is 8.36. The lowest BCUT2D eigenvalue weighted by molar-refractivity contribution is 0.475. The Balaban J connectivity index is 2.32. The van der Waals surface area contributed by atoms with Crippen LogP contribution in [0.2, 0.25) is 0 Å². The molecule has 2 atom stereocenters. The van der Waals surface area contributed by atoms with Crippen LogP contribution in [0.1, 0.15) is 19.3 Å². The molecule has 0 radical (unpaired) electrons. The Morgan fingerprint density at radius 2 is 2.00 bits per heavy atom. The molecule has 0 amide bonds. The van der Waals surface area contributed by atoms with Gasteiger partial charge < -0.3 is 0 Å². The van der Waals surface area contributed by atoms with Crippen LogP contribution in [0.15, 0.2) is 0 Å². The fourth-order valence-corrected chi connectivity index (χ4v) is 3.09. The van der Waals surface area contributed by atoms with Crippen LogP contribution >= 0.6 is 34.2 Å². The molecule has 0 bridgehead atoms. The van der Waals surface area contributed by atoms with Crippen LogP contribution in [0, 0.1) is 11.8 Å². The van der Waals surface area contributed by atoms with Gasteiger partial charge in [-0.1, -0.05) is 29.0 Å². The minimum absolute atomic E-state index is 0.837. The van der Waals surface area contributed by atoms with Gasteiger partial charge in [-0.2, -0.15) is 0 Å². The Morgan fingerprint density at radius 3 is 2.44 bits per heavy atom. The topological polar surface area (TPSA) is 0 Å². The van der Waals surface area contributed by atoms with E-state index in [9.17, 15) is 0 Å². The smallest absolute Gasteiger partial charge is 0.0254 e. The quantitative estimate of drug-likeness (QED) is 0.527.